The smallest absolute Gasteiger partial charge is 0.344 e. The molecule has 0 unspecified atom stereocenters. The molecular formula is C17H18N2O7. The molecule has 1 aliphatic heterocycles. The lowest BCUT2D eigenvalue weighted by atomic mass is 10.2. The molecule has 1 heterocycles. The van der Waals surface area contributed by atoms with Crippen LogP contribution in [0.2, 0.25) is 0 Å². The molecule has 0 radical (unpaired) electrons. The highest BCUT2D eigenvalue weighted by atomic mass is 16.6. The predicted molar refractivity (Wildman–Crippen MR) is 88.8 cm³/mol. The van der Waals surface area contributed by atoms with E-state index in [1.807, 2.05) is 0 Å². The number of nitrogens with one attached hydrogen (secondary N) is 1. The Balaban J connectivity index is 2.01. The lowest BCUT2D eigenvalue weighted by Crippen LogP contribution is -2.36. The van der Waals surface area contributed by atoms with Crippen molar-refractivity contribution in [2.75, 3.05) is 26.9 Å². The maximum absolute atomic E-state index is 12.2. The molecule has 3 amide bonds. The van der Waals surface area contributed by atoms with Gasteiger partial charge in [-0.2, -0.15) is 0 Å². The Morgan fingerprint density at radius 1 is 1.15 bits per heavy atom. The fourth-order valence-electron chi connectivity index (χ4n) is 2.08. The van der Waals surface area contributed by atoms with Gasteiger partial charge in [0.2, 0.25) is 0 Å². The summed E-state index contributed by atoms with van der Waals surface area (Å²) in [5.74, 6) is -1.33. The number of urea groups is 1. The van der Waals surface area contributed by atoms with E-state index in [-0.39, 0.29) is 18.9 Å². The molecule has 9 heteroatoms. The number of carbonyl (C=O) groups is 4. The fraction of sp³-hybridized carbons (Fsp3) is 0.294. The summed E-state index contributed by atoms with van der Waals surface area (Å²) in [6.45, 7) is 1.32. The summed E-state index contributed by atoms with van der Waals surface area (Å²) in [7, 11) is 1.17. The number of carbonyl (C=O) groups excluding carboxylic acids is 4. The third-order valence-corrected chi connectivity index (χ3v) is 3.33. The summed E-state index contributed by atoms with van der Waals surface area (Å²) < 4.78 is 14.5. The van der Waals surface area contributed by atoms with Crippen molar-refractivity contribution < 1.29 is 33.4 Å². The lowest BCUT2D eigenvalue weighted by Gasteiger charge is -2.09. The molecule has 1 saturated heterocycles. The Labute approximate surface area is 149 Å². The SMILES string of the molecule is CCOC(=O)COc1ccc(/C=C2/NC(=O)N(CC(=O)OC)C2=O)cc1. The number of ether oxygens (including phenoxy) is 3. The Hall–Kier alpha value is -3.36. The molecule has 0 atom stereocenters. The van der Waals surface area contributed by atoms with Crippen molar-refractivity contribution >= 4 is 30.0 Å². The first-order chi connectivity index (χ1) is 12.4. The number of esters is 2. The zero-order valence-corrected chi connectivity index (χ0v) is 14.3. The second-order valence-electron chi connectivity index (χ2n) is 5.12. The van der Waals surface area contributed by atoms with Gasteiger partial charge in [0.05, 0.1) is 13.7 Å². The molecule has 0 bridgehead atoms. The Morgan fingerprint density at radius 2 is 1.85 bits per heavy atom. The van der Waals surface area contributed by atoms with Crippen LogP contribution in [0.5, 0.6) is 5.75 Å². The number of benzene rings is 1. The first-order valence-electron chi connectivity index (χ1n) is 7.74. The molecule has 1 aliphatic rings. The average Bonchev–Trinajstić information content (AvgIpc) is 2.88. The standard InChI is InChI=1S/C17H18N2O7/c1-3-25-15(21)10-26-12-6-4-11(5-7-12)8-13-16(22)19(17(23)18-13)9-14(20)24-2/h4-8H,3,9-10H2,1-2H3,(H,18,23)/b13-8+. The minimum Gasteiger partial charge on any atom is -0.482 e. The molecule has 0 aromatic heterocycles. The van der Waals surface area contributed by atoms with E-state index in [2.05, 4.69) is 10.1 Å². The topological polar surface area (TPSA) is 111 Å². The summed E-state index contributed by atoms with van der Waals surface area (Å²) in [5, 5.41) is 2.40. The quantitative estimate of drug-likeness (QED) is 0.432. The summed E-state index contributed by atoms with van der Waals surface area (Å²) >= 11 is 0. The maximum atomic E-state index is 12.2. The van der Waals surface area contributed by atoms with E-state index < -0.39 is 30.4 Å². The molecule has 1 N–H and O–H groups in total. The Kier molecular flexibility index (Phi) is 6.31. The van der Waals surface area contributed by atoms with Crippen LogP contribution in [-0.2, 0) is 23.9 Å². The monoisotopic (exact) mass is 362 g/mol. The zero-order chi connectivity index (χ0) is 19.1. The van der Waals surface area contributed by atoms with Crippen LogP contribution in [0, 0.1) is 0 Å². The van der Waals surface area contributed by atoms with Crippen LogP contribution >= 0.6 is 0 Å². The van der Waals surface area contributed by atoms with Gasteiger partial charge in [-0.15, -0.1) is 0 Å². The first kappa shape index (κ1) is 19.0. The first-order valence-corrected chi connectivity index (χ1v) is 7.74. The van der Waals surface area contributed by atoms with Crippen LogP contribution < -0.4 is 10.1 Å². The van der Waals surface area contributed by atoms with E-state index in [9.17, 15) is 19.2 Å². The highest BCUT2D eigenvalue weighted by Gasteiger charge is 2.35. The number of methoxy groups -OCH3 is 1. The van der Waals surface area contributed by atoms with E-state index in [4.69, 9.17) is 9.47 Å². The third-order valence-electron chi connectivity index (χ3n) is 3.33. The van der Waals surface area contributed by atoms with Crippen molar-refractivity contribution in [2.45, 2.75) is 6.92 Å². The van der Waals surface area contributed by atoms with Gasteiger partial charge in [-0.05, 0) is 30.7 Å². The highest BCUT2D eigenvalue weighted by molar-refractivity contribution is 6.15. The predicted octanol–water partition coefficient (Wildman–Crippen LogP) is 0.694. The molecule has 138 valence electrons. The van der Waals surface area contributed by atoms with Crippen LogP contribution in [0.25, 0.3) is 6.08 Å². The summed E-state index contributed by atoms with van der Waals surface area (Å²) in [5.41, 5.74) is 0.663. The molecule has 2 rings (SSSR count). The molecule has 26 heavy (non-hydrogen) atoms. The van der Waals surface area contributed by atoms with Gasteiger partial charge in [0.1, 0.15) is 18.0 Å². The van der Waals surface area contributed by atoms with E-state index in [1.165, 1.54) is 13.2 Å². The second kappa shape index (κ2) is 8.65. The minimum atomic E-state index is -0.696. The van der Waals surface area contributed by atoms with Gasteiger partial charge in [0.15, 0.2) is 6.61 Å². The number of imide groups is 1. The van der Waals surface area contributed by atoms with Crippen LogP contribution in [0.1, 0.15) is 12.5 Å². The summed E-state index contributed by atoms with van der Waals surface area (Å²) in [4.78, 5) is 47.2. The van der Waals surface area contributed by atoms with Crippen molar-refractivity contribution in [3.05, 3.63) is 35.5 Å². The van der Waals surface area contributed by atoms with Crippen molar-refractivity contribution in [1.29, 1.82) is 0 Å². The number of hydrogen-bond acceptors (Lipinski definition) is 7. The van der Waals surface area contributed by atoms with Gasteiger partial charge in [-0.25, -0.2) is 14.5 Å². The van der Waals surface area contributed by atoms with E-state index in [0.717, 1.165) is 4.90 Å². The van der Waals surface area contributed by atoms with Crippen molar-refractivity contribution in [3.8, 4) is 5.75 Å². The molecule has 1 fully saturated rings. The molecule has 1 aromatic carbocycles. The van der Waals surface area contributed by atoms with Crippen LogP contribution in [0.15, 0.2) is 30.0 Å². The van der Waals surface area contributed by atoms with Crippen LogP contribution in [0.4, 0.5) is 4.79 Å². The van der Waals surface area contributed by atoms with Gasteiger partial charge in [-0.3, -0.25) is 9.59 Å². The number of amides is 3. The van der Waals surface area contributed by atoms with E-state index in [0.29, 0.717) is 11.3 Å². The molecule has 0 saturated carbocycles. The molecular weight excluding hydrogens is 344 g/mol. The van der Waals surface area contributed by atoms with Gasteiger partial charge >= 0.3 is 18.0 Å². The Bertz CT molecular complexity index is 740. The molecule has 9 nitrogen and oxygen atoms in total. The maximum Gasteiger partial charge on any atom is 0.344 e. The van der Waals surface area contributed by atoms with Crippen molar-refractivity contribution in [3.63, 3.8) is 0 Å². The molecule has 0 aliphatic carbocycles. The Morgan fingerprint density at radius 3 is 2.46 bits per heavy atom. The zero-order valence-electron chi connectivity index (χ0n) is 14.3. The van der Waals surface area contributed by atoms with Crippen LogP contribution in [0.3, 0.4) is 0 Å². The van der Waals surface area contributed by atoms with E-state index >= 15 is 0 Å². The van der Waals surface area contributed by atoms with Crippen molar-refractivity contribution in [2.24, 2.45) is 0 Å². The third kappa shape index (κ3) is 4.82. The van der Waals surface area contributed by atoms with Crippen molar-refractivity contribution in [1.82, 2.24) is 10.2 Å². The highest BCUT2D eigenvalue weighted by Crippen LogP contribution is 2.17. The van der Waals surface area contributed by atoms with Gasteiger partial charge in [0, 0.05) is 0 Å². The van der Waals surface area contributed by atoms with Crippen LogP contribution in [-0.4, -0.2) is 55.6 Å². The minimum absolute atomic E-state index is 0.0408. The number of rotatable bonds is 7. The fourth-order valence-corrected chi connectivity index (χ4v) is 2.08. The largest absolute Gasteiger partial charge is 0.482 e. The normalized spacial score (nSPS) is 15.0. The molecule has 0 spiro atoms. The van der Waals surface area contributed by atoms with Gasteiger partial charge in [-0.1, -0.05) is 12.1 Å². The average molecular weight is 362 g/mol. The number of hydrogen-bond donors (Lipinski definition) is 1. The lowest BCUT2D eigenvalue weighted by molar-refractivity contribution is -0.145. The van der Waals surface area contributed by atoms with E-state index in [1.54, 1.807) is 31.2 Å². The van der Waals surface area contributed by atoms with Gasteiger partial charge < -0.3 is 19.5 Å². The molecule has 1 aromatic rings. The summed E-state index contributed by atoms with van der Waals surface area (Å²) in [6.07, 6.45) is 1.46. The van der Waals surface area contributed by atoms with Gasteiger partial charge in [0.25, 0.3) is 5.91 Å². The second-order valence-corrected chi connectivity index (χ2v) is 5.12. The number of nitrogens with zero attached hydrogens (tertiary/aromatic N) is 1. The summed E-state index contributed by atoms with van der Waals surface area (Å²) in [6, 6.07) is 5.82.